The molecule has 0 aliphatic carbocycles. The molecule has 3 aromatic rings. The third-order valence-corrected chi connectivity index (χ3v) is 5.09. The summed E-state index contributed by atoms with van der Waals surface area (Å²) in [5, 5.41) is 9.97. The number of nitrogens with one attached hydrogen (secondary N) is 1. The van der Waals surface area contributed by atoms with E-state index in [0.717, 1.165) is 27.7 Å². The molecule has 1 heterocycles. The lowest BCUT2D eigenvalue weighted by atomic mass is 10.1. The molecule has 0 unspecified atom stereocenters. The summed E-state index contributed by atoms with van der Waals surface area (Å²) < 4.78 is 0. The molecule has 0 saturated carbocycles. The van der Waals surface area contributed by atoms with Crippen molar-refractivity contribution >= 4 is 17.7 Å². The van der Waals surface area contributed by atoms with Gasteiger partial charge in [0.05, 0.1) is 17.3 Å². The Bertz CT molecular complexity index is 774. The van der Waals surface area contributed by atoms with Crippen LogP contribution in [0.4, 0.5) is 0 Å². The number of imidazole rings is 1. The first-order valence-corrected chi connectivity index (χ1v) is 9.24. The van der Waals surface area contributed by atoms with E-state index < -0.39 is 5.97 Å². The Kier molecular flexibility index (Phi) is 5.56. The van der Waals surface area contributed by atoms with Gasteiger partial charge in [-0.3, -0.25) is 4.79 Å². The maximum atomic E-state index is 11.2. The summed E-state index contributed by atoms with van der Waals surface area (Å²) in [7, 11) is 0. The van der Waals surface area contributed by atoms with E-state index >= 15 is 0 Å². The van der Waals surface area contributed by atoms with Gasteiger partial charge in [-0.15, -0.1) is 0 Å². The molecule has 0 aliphatic heterocycles. The van der Waals surface area contributed by atoms with E-state index in [-0.39, 0.29) is 5.92 Å². The standard InChI is InChI=1S/C20H20N2O2S/c1-2-14(19(23)24)13-25-20-21-17(15-9-5-3-6-10-15)18(22-20)16-11-7-4-8-12-16/h3-12,14H,2,13H2,1H3,(H,21,22)(H,23,24)/t14-/m0/s1. The predicted octanol–water partition coefficient (Wildman–Crippen LogP) is 4.95. The number of hydrogen-bond donors (Lipinski definition) is 2. The number of hydrogen-bond acceptors (Lipinski definition) is 3. The zero-order valence-electron chi connectivity index (χ0n) is 14.0. The fourth-order valence-electron chi connectivity index (χ4n) is 2.58. The molecule has 4 nitrogen and oxygen atoms in total. The van der Waals surface area contributed by atoms with Gasteiger partial charge in [-0.25, -0.2) is 4.98 Å². The number of aromatic amines is 1. The Morgan fingerprint density at radius 1 is 1.08 bits per heavy atom. The van der Waals surface area contributed by atoms with E-state index in [2.05, 4.69) is 4.98 Å². The van der Waals surface area contributed by atoms with Crippen molar-refractivity contribution < 1.29 is 9.90 Å². The van der Waals surface area contributed by atoms with E-state index in [0.29, 0.717) is 12.2 Å². The van der Waals surface area contributed by atoms with Gasteiger partial charge in [0.2, 0.25) is 0 Å². The number of benzene rings is 2. The first-order chi connectivity index (χ1) is 12.2. The molecule has 25 heavy (non-hydrogen) atoms. The van der Waals surface area contributed by atoms with E-state index in [9.17, 15) is 9.90 Å². The first-order valence-electron chi connectivity index (χ1n) is 8.25. The topological polar surface area (TPSA) is 66.0 Å². The summed E-state index contributed by atoms with van der Waals surface area (Å²) in [6.07, 6.45) is 0.611. The van der Waals surface area contributed by atoms with Crippen molar-refractivity contribution in [2.45, 2.75) is 18.5 Å². The number of aliphatic carboxylic acids is 1. The minimum absolute atomic E-state index is 0.365. The van der Waals surface area contributed by atoms with Gasteiger partial charge in [-0.05, 0) is 6.42 Å². The average molecular weight is 352 g/mol. The van der Waals surface area contributed by atoms with Gasteiger partial charge >= 0.3 is 5.97 Å². The Hall–Kier alpha value is -2.53. The summed E-state index contributed by atoms with van der Waals surface area (Å²) in [6.45, 7) is 1.90. The van der Waals surface area contributed by atoms with Crippen LogP contribution in [0.3, 0.4) is 0 Å². The summed E-state index contributed by atoms with van der Waals surface area (Å²) in [6, 6.07) is 20.1. The number of thioether (sulfide) groups is 1. The van der Waals surface area contributed by atoms with Crippen molar-refractivity contribution in [2.75, 3.05) is 5.75 Å². The van der Waals surface area contributed by atoms with Gasteiger partial charge in [-0.1, -0.05) is 79.3 Å². The summed E-state index contributed by atoms with van der Waals surface area (Å²) in [4.78, 5) is 19.3. The van der Waals surface area contributed by atoms with E-state index in [1.807, 2.05) is 67.6 Å². The van der Waals surface area contributed by atoms with Gasteiger partial charge in [0.25, 0.3) is 0 Å². The lowest BCUT2D eigenvalue weighted by molar-refractivity contribution is -0.140. The van der Waals surface area contributed by atoms with Crippen LogP contribution in [-0.4, -0.2) is 26.8 Å². The molecule has 0 amide bonds. The number of carboxylic acid groups (broad SMARTS) is 1. The number of aromatic nitrogens is 2. The van der Waals surface area contributed by atoms with Crippen LogP contribution in [0.5, 0.6) is 0 Å². The minimum atomic E-state index is -0.756. The number of rotatable bonds is 7. The summed E-state index contributed by atoms with van der Waals surface area (Å²) in [5.41, 5.74) is 3.94. The van der Waals surface area contributed by atoms with Crippen molar-refractivity contribution in [3.05, 3.63) is 60.7 Å². The monoisotopic (exact) mass is 352 g/mol. The van der Waals surface area contributed by atoms with Gasteiger partial charge in [0, 0.05) is 16.9 Å². The maximum Gasteiger partial charge on any atom is 0.307 e. The van der Waals surface area contributed by atoms with Crippen LogP contribution in [0.25, 0.3) is 22.5 Å². The van der Waals surface area contributed by atoms with Crippen LogP contribution in [0, 0.1) is 5.92 Å². The van der Waals surface area contributed by atoms with Crippen LogP contribution >= 0.6 is 11.8 Å². The van der Waals surface area contributed by atoms with Crippen molar-refractivity contribution in [3.8, 4) is 22.5 Å². The molecule has 2 N–H and O–H groups in total. The molecule has 0 spiro atoms. The third-order valence-electron chi connectivity index (χ3n) is 4.06. The van der Waals surface area contributed by atoms with E-state index in [1.54, 1.807) is 0 Å². The molecule has 0 radical (unpaired) electrons. The van der Waals surface area contributed by atoms with Crippen molar-refractivity contribution in [3.63, 3.8) is 0 Å². The Balaban J connectivity index is 1.94. The number of carboxylic acids is 1. The van der Waals surface area contributed by atoms with Crippen molar-refractivity contribution in [2.24, 2.45) is 5.92 Å². The molecule has 0 aliphatic rings. The second kappa shape index (κ2) is 8.03. The summed E-state index contributed by atoms with van der Waals surface area (Å²) >= 11 is 1.46. The largest absolute Gasteiger partial charge is 0.481 e. The van der Waals surface area contributed by atoms with Crippen LogP contribution in [0.2, 0.25) is 0 Å². The fraction of sp³-hybridized carbons (Fsp3) is 0.200. The molecule has 0 saturated heterocycles. The van der Waals surface area contributed by atoms with Gasteiger partial charge in [-0.2, -0.15) is 0 Å². The molecule has 0 bridgehead atoms. The molecule has 2 aromatic carbocycles. The van der Waals surface area contributed by atoms with Crippen molar-refractivity contribution in [1.29, 1.82) is 0 Å². The molecule has 1 atom stereocenters. The quantitative estimate of drug-likeness (QED) is 0.591. The van der Waals surface area contributed by atoms with Gasteiger partial charge in [0.1, 0.15) is 0 Å². The average Bonchev–Trinajstić information content (AvgIpc) is 3.08. The Labute approximate surface area is 151 Å². The van der Waals surface area contributed by atoms with Crippen LogP contribution in [0.1, 0.15) is 13.3 Å². The predicted molar refractivity (Wildman–Crippen MR) is 102 cm³/mol. The highest BCUT2D eigenvalue weighted by Gasteiger charge is 2.18. The molecule has 0 fully saturated rings. The highest BCUT2D eigenvalue weighted by Crippen LogP contribution is 2.33. The van der Waals surface area contributed by atoms with E-state index in [4.69, 9.17) is 4.98 Å². The summed E-state index contributed by atoms with van der Waals surface area (Å²) in [5.74, 6) is -0.620. The molecular formula is C20H20N2O2S. The normalized spacial score (nSPS) is 12.0. The second-order valence-electron chi connectivity index (χ2n) is 5.75. The fourth-order valence-corrected chi connectivity index (χ4v) is 3.65. The first kappa shape index (κ1) is 17.3. The maximum absolute atomic E-state index is 11.2. The zero-order valence-corrected chi connectivity index (χ0v) is 14.8. The third kappa shape index (κ3) is 4.12. The Morgan fingerprint density at radius 2 is 1.68 bits per heavy atom. The molecule has 128 valence electrons. The minimum Gasteiger partial charge on any atom is -0.481 e. The molecule has 3 rings (SSSR count). The lowest BCUT2D eigenvalue weighted by Crippen LogP contribution is -2.15. The highest BCUT2D eigenvalue weighted by molar-refractivity contribution is 7.99. The molecular weight excluding hydrogens is 332 g/mol. The number of H-pyrrole nitrogens is 1. The smallest absolute Gasteiger partial charge is 0.307 e. The van der Waals surface area contributed by atoms with Gasteiger partial charge < -0.3 is 10.1 Å². The SMILES string of the molecule is CC[C@@H](CSc1nc(-c2ccccc2)c(-c2ccccc2)[nH]1)C(=O)O. The number of nitrogens with zero attached hydrogens (tertiary/aromatic N) is 1. The highest BCUT2D eigenvalue weighted by atomic mass is 32.2. The number of carbonyl (C=O) groups is 1. The van der Waals surface area contributed by atoms with Crippen LogP contribution < -0.4 is 0 Å². The zero-order chi connectivity index (χ0) is 17.6. The van der Waals surface area contributed by atoms with Crippen LogP contribution in [-0.2, 0) is 4.79 Å². The van der Waals surface area contributed by atoms with Crippen LogP contribution in [0.15, 0.2) is 65.8 Å². The van der Waals surface area contributed by atoms with Crippen molar-refractivity contribution in [1.82, 2.24) is 9.97 Å². The lowest BCUT2D eigenvalue weighted by Gasteiger charge is -2.06. The van der Waals surface area contributed by atoms with Gasteiger partial charge in [0.15, 0.2) is 5.16 Å². The Morgan fingerprint density at radius 3 is 2.24 bits per heavy atom. The second-order valence-corrected chi connectivity index (χ2v) is 6.76. The van der Waals surface area contributed by atoms with E-state index in [1.165, 1.54) is 11.8 Å². The molecule has 1 aromatic heterocycles. The molecule has 5 heteroatoms.